The van der Waals surface area contributed by atoms with Crippen LogP contribution in [0.2, 0.25) is 0 Å². The van der Waals surface area contributed by atoms with Crippen molar-refractivity contribution >= 4 is 29.8 Å². The molecule has 7 nitrogen and oxygen atoms in total. The SMILES string of the molecule is O=S1(=O)CC(S(=O)(=O)[O-])C(S(=O)(=O)c2ccccc2)C1.[Na+]. The Balaban J connectivity index is 0.00000220. The van der Waals surface area contributed by atoms with Crippen molar-refractivity contribution in [2.45, 2.75) is 15.4 Å². The van der Waals surface area contributed by atoms with Gasteiger partial charge in [0.1, 0.15) is 0 Å². The first-order valence-electron chi connectivity index (χ1n) is 5.48. The van der Waals surface area contributed by atoms with Gasteiger partial charge in [0.15, 0.2) is 19.7 Å². The maximum atomic E-state index is 12.3. The molecule has 2 atom stereocenters. The minimum atomic E-state index is -5.02. The maximum Gasteiger partial charge on any atom is 1.00 e. The van der Waals surface area contributed by atoms with Crippen molar-refractivity contribution in [3.05, 3.63) is 30.3 Å². The summed E-state index contributed by atoms with van der Waals surface area (Å²) in [6.45, 7) is 0. The van der Waals surface area contributed by atoms with Gasteiger partial charge in [0.05, 0.1) is 37.0 Å². The van der Waals surface area contributed by atoms with Crippen LogP contribution in [0.1, 0.15) is 0 Å². The number of rotatable bonds is 3. The molecular formula is C10H11NaO7S3. The zero-order chi connectivity index (χ0) is 15.2. The zero-order valence-electron chi connectivity index (χ0n) is 11.0. The van der Waals surface area contributed by atoms with Crippen LogP contribution in [0.4, 0.5) is 0 Å². The molecule has 0 bridgehead atoms. The summed E-state index contributed by atoms with van der Waals surface area (Å²) in [5.74, 6) is -1.80. The van der Waals surface area contributed by atoms with Crippen molar-refractivity contribution in [3.63, 3.8) is 0 Å². The normalized spacial score (nSPS) is 25.2. The average Bonchev–Trinajstić information content (AvgIpc) is 2.67. The molecule has 1 heterocycles. The first-order valence-corrected chi connectivity index (χ1v) is 10.3. The van der Waals surface area contributed by atoms with Crippen molar-refractivity contribution in [1.82, 2.24) is 0 Å². The second kappa shape index (κ2) is 6.26. The second-order valence-corrected chi connectivity index (χ2v) is 10.4. The Hall–Kier alpha value is 0.0300. The average molecular weight is 362 g/mol. The Bertz CT molecular complexity index is 813. The second-order valence-electron chi connectivity index (χ2n) is 4.50. The molecule has 21 heavy (non-hydrogen) atoms. The molecule has 0 aliphatic carbocycles. The summed E-state index contributed by atoms with van der Waals surface area (Å²) >= 11 is 0. The molecule has 0 aromatic heterocycles. The van der Waals surface area contributed by atoms with E-state index in [2.05, 4.69) is 0 Å². The molecule has 2 unspecified atom stereocenters. The van der Waals surface area contributed by atoms with E-state index in [9.17, 15) is 29.8 Å². The Morgan fingerprint density at radius 3 is 1.90 bits per heavy atom. The van der Waals surface area contributed by atoms with E-state index in [0.29, 0.717) is 0 Å². The fourth-order valence-corrected chi connectivity index (χ4v) is 9.30. The monoisotopic (exact) mass is 362 g/mol. The van der Waals surface area contributed by atoms with E-state index in [0.717, 1.165) is 0 Å². The molecule has 11 heteroatoms. The molecular weight excluding hydrogens is 351 g/mol. The molecule has 0 amide bonds. The number of hydrogen-bond donors (Lipinski definition) is 0. The third-order valence-electron chi connectivity index (χ3n) is 3.09. The van der Waals surface area contributed by atoms with Crippen LogP contribution < -0.4 is 29.6 Å². The van der Waals surface area contributed by atoms with Crippen LogP contribution in [0, 0.1) is 0 Å². The Labute approximate surface area is 145 Å². The standard InChI is InChI=1S/C10H12O7S3.Na/c11-18(12)6-9(10(7-18)20(15,16)17)19(13,14)8-4-2-1-3-5-8;/h1-5,9-10H,6-7H2,(H,15,16,17);/q;+1/p-1. The summed E-state index contributed by atoms with van der Waals surface area (Å²) in [6.07, 6.45) is 0. The van der Waals surface area contributed by atoms with E-state index in [-0.39, 0.29) is 34.5 Å². The third kappa shape index (κ3) is 4.06. The van der Waals surface area contributed by atoms with Crippen molar-refractivity contribution < 1.29 is 59.4 Å². The van der Waals surface area contributed by atoms with E-state index >= 15 is 0 Å². The molecule has 0 spiro atoms. The van der Waals surface area contributed by atoms with E-state index in [1.54, 1.807) is 6.07 Å². The fraction of sp³-hybridized carbons (Fsp3) is 0.400. The molecule has 0 radical (unpaired) electrons. The number of sulfone groups is 2. The van der Waals surface area contributed by atoms with Gasteiger partial charge in [-0.1, -0.05) is 18.2 Å². The van der Waals surface area contributed by atoms with Crippen LogP contribution >= 0.6 is 0 Å². The van der Waals surface area contributed by atoms with Crippen molar-refractivity contribution in [2.75, 3.05) is 11.5 Å². The van der Waals surface area contributed by atoms with Crippen molar-refractivity contribution in [3.8, 4) is 0 Å². The molecule has 1 aliphatic rings. The number of hydrogen-bond acceptors (Lipinski definition) is 7. The summed E-state index contributed by atoms with van der Waals surface area (Å²) in [6, 6.07) is 6.88. The van der Waals surface area contributed by atoms with Gasteiger partial charge in [0.25, 0.3) is 0 Å². The van der Waals surface area contributed by atoms with E-state index in [1.807, 2.05) is 0 Å². The van der Waals surface area contributed by atoms with Crippen LogP contribution in [-0.4, -0.2) is 51.8 Å². The summed E-state index contributed by atoms with van der Waals surface area (Å²) in [5, 5.41) is -3.71. The van der Waals surface area contributed by atoms with E-state index in [4.69, 9.17) is 0 Å². The smallest absolute Gasteiger partial charge is 0.748 e. The Morgan fingerprint density at radius 1 is 0.952 bits per heavy atom. The predicted molar refractivity (Wildman–Crippen MR) is 69.6 cm³/mol. The van der Waals surface area contributed by atoms with E-state index in [1.165, 1.54) is 24.3 Å². The van der Waals surface area contributed by atoms with Gasteiger partial charge in [-0.05, 0) is 12.1 Å². The molecule has 112 valence electrons. The summed E-state index contributed by atoms with van der Waals surface area (Å²) < 4.78 is 81.0. The predicted octanol–water partition coefficient (Wildman–Crippen LogP) is -3.82. The Kier molecular flexibility index (Phi) is 5.69. The largest absolute Gasteiger partial charge is 1.00 e. The molecule has 1 aromatic carbocycles. The minimum Gasteiger partial charge on any atom is -0.748 e. The van der Waals surface area contributed by atoms with Gasteiger partial charge >= 0.3 is 29.6 Å². The molecule has 0 N–H and O–H groups in total. The molecule has 1 saturated heterocycles. The van der Waals surface area contributed by atoms with Crippen LogP contribution in [0.5, 0.6) is 0 Å². The molecule has 1 aliphatic heterocycles. The van der Waals surface area contributed by atoms with Crippen LogP contribution in [0.25, 0.3) is 0 Å². The van der Waals surface area contributed by atoms with Crippen LogP contribution in [-0.2, 0) is 29.8 Å². The molecule has 2 rings (SSSR count). The fourth-order valence-electron chi connectivity index (χ4n) is 2.13. The van der Waals surface area contributed by atoms with Crippen LogP contribution in [0.15, 0.2) is 35.2 Å². The van der Waals surface area contributed by atoms with Crippen molar-refractivity contribution in [2.24, 2.45) is 0 Å². The van der Waals surface area contributed by atoms with E-state index < -0.39 is 51.8 Å². The van der Waals surface area contributed by atoms with Gasteiger partial charge in [-0.25, -0.2) is 25.3 Å². The van der Waals surface area contributed by atoms with Gasteiger partial charge in [-0.15, -0.1) is 0 Å². The van der Waals surface area contributed by atoms with Gasteiger partial charge in [0, 0.05) is 0 Å². The number of benzene rings is 1. The topological polar surface area (TPSA) is 125 Å². The maximum absolute atomic E-state index is 12.3. The first-order chi connectivity index (χ1) is 9.04. The zero-order valence-corrected chi connectivity index (χ0v) is 15.5. The van der Waals surface area contributed by atoms with Gasteiger partial charge in [-0.2, -0.15) is 0 Å². The molecule has 0 saturated carbocycles. The summed E-state index contributed by atoms with van der Waals surface area (Å²) in [5.41, 5.74) is 0. The van der Waals surface area contributed by atoms with Crippen molar-refractivity contribution in [1.29, 1.82) is 0 Å². The van der Waals surface area contributed by atoms with Gasteiger partial charge in [-0.3, -0.25) is 0 Å². The first kappa shape index (κ1) is 19.1. The molecule has 1 fully saturated rings. The third-order valence-corrected chi connectivity index (χ3v) is 8.88. The quantitative estimate of drug-likeness (QED) is 0.398. The Morgan fingerprint density at radius 2 is 1.43 bits per heavy atom. The molecule has 1 aromatic rings. The van der Waals surface area contributed by atoms with Gasteiger partial charge < -0.3 is 4.55 Å². The summed E-state index contributed by atoms with van der Waals surface area (Å²) in [4.78, 5) is -0.198. The summed E-state index contributed by atoms with van der Waals surface area (Å²) in [7, 11) is -13.1. The minimum absolute atomic E-state index is 0. The van der Waals surface area contributed by atoms with Crippen LogP contribution in [0.3, 0.4) is 0 Å². The van der Waals surface area contributed by atoms with Gasteiger partial charge in [0.2, 0.25) is 0 Å².